The van der Waals surface area contributed by atoms with Crippen LogP contribution in [0.15, 0.2) is 0 Å². The summed E-state index contributed by atoms with van der Waals surface area (Å²) in [6.45, 7) is 2.18. The Morgan fingerprint density at radius 1 is 1.13 bits per heavy atom. The largest absolute Gasteiger partial charge is 0.342 e. The number of nitrogens with zero attached hydrogens (tertiary/aromatic N) is 1. The van der Waals surface area contributed by atoms with Crippen LogP contribution in [-0.4, -0.2) is 37.0 Å². The second-order valence-corrected chi connectivity index (χ2v) is 4.91. The van der Waals surface area contributed by atoms with Crippen LogP contribution in [0, 0.1) is 5.92 Å². The van der Waals surface area contributed by atoms with Gasteiger partial charge in [-0.05, 0) is 45.2 Å². The quantitative estimate of drug-likeness (QED) is 0.747. The summed E-state index contributed by atoms with van der Waals surface area (Å²) in [5.41, 5.74) is 0. The molecular formula is C12H22N2O. The zero-order valence-electron chi connectivity index (χ0n) is 9.67. The summed E-state index contributed by atoms with van der Waals surface area (Å²) in [5, 5.41) is 3.39. The summed E-state index contributed by atoms with van der Waals surface area (Å²) in [7, 11) is 2.00. The lowest BCUT2D eigenvalue weighted by Gasteiger charge is -2.34. The third-order valence-corrected chi connectivity index (χ3v) is 3.90. The highest BCUT2D eigenvalue weighted by Crippen LogP contribution is 2.29. The van der Waals surface area contributed by atoms with Gasteiger partial charge in [0.15, 0.2) is 0 Å². The van der Waals surface area contributed by atoms with Crippen LogP contribution in [0.1, 0.15) is 38.5 Å². The van der Waals surface area contributed by atoms with E-state index in [4.69, 9.17) is 0 Å². The van der Waals surface area contributed by atoms with Gasteiger partial charge < -0.3 is 10.2 Å². The molecule has 3 heteroatoms. The minimum atomic E-state index is 0.353. The number of hydrogen-bond acceptors (Lipinski definition) is 2. The van der Waals surface area contributed by atoms with Crippen molar-refractivity contribution in [3.8, 4) is 0 Å². The first-order valence-electron chi connectivity index (χ1n) is 6.26. The van der Waals surface area contributed by atoms with Gasteiger partial charge in [-0.1, -0.05) is 6.42 Å². The van der Waals surface area contributed by atoms with E-state index in [1.807, 2.05) is 11.9 Å². The SMILES string of the molecule is CN(C(=O)C1CCC1)C1CCCNCC1. The van der Waals surface area contributed by atoms with Crippen molar-refractivity contribution < 1.29 is 4.79 Å². The number of carbonyl (C=O) groups is 1. The number of nitrogens with one attached hydrogen (secondary N) is 1. The fourth-order valence-corrected chi connectivity index (χ4v) is 2.51. The zero-order chi connectivity index (χ0) is 10.7. The summed E-state index contributed by atoms with van der Waals surface area (Å²) < 4.78 is 0. The van der Waals surface area contributed by atoms with Gasteiger partial charge in [-0.3, -0.25) is 4.79 Å². The normalized spacial score (nSPS) is 27.9. The van der Waals surface area contributed by atoms with Gasteiger partial charge in [0.1, 0.15) is 0 Å². The van der Waals surface area contributed by atoms with Crippen LogP contribution >= 0.6 is 0 Å². The van der Waals surface area contributed by atoms with Crippen molar-refractivity contribution in [3.63, 3.8) is 0 Å². The lowest BCUT2D eigenvalue weighted by molar-refractivity contribution is -0.139. The molecule has 1 heterocycles. The van der Waals surface area contributed by atoms with E-state index in [0.717, 1.165) is 32.4 Å². The fraction of sp³-hybridized carbons (Fsp3) is 0.917. The summed E-state index contributed by atoms with van der Waals surface area (Å²) in [4.78, 5) is 14.1. The molecule has 0 spiro atoms. The Balaban J connectivity index is 1.86. The van der Waals surface area contributed by atoms with Crippen molar-refractivity contribution in [1.82, 2.24) is 10.2 Å². The molecule has 3 nitrogen and oxygen atoms in total. The highest BCUT2D eigenvalue weighted by molar-refractivity contribution is 5.79. The molecule has 0 aromatic heterocycles. The van der Waals surface area contributed by atoms with E-state index >= 15 is 0 Å². The first-order chi connectivity index (χ1) is 7.29. The van der Waals surface area contributed by atoms with Crippen molar-refractivity contribution >= 4 is 5.91 Å². The predicted octanol–water partition coefficient (Wildman–Crippen LogP) is 1.39. The molecule has 2 rings (SSSR count). The van der Waals surface area contributed by atoms with Gasteiger partial charge in [-0.25, -0.2) is 0 Å². The van der Waals surface area contributed by atoms with Gasteiger partial charge in [-0.15, -0.1) is 0 Å². The van der Waals surface area contributed by atoms with E-state index in [1.54, 1.807) is 0 Å². The van der Waals surface area contributed by atoms with Gasteiger partial charge >= 0.3 is 0 Å². The molecule has 1 unspecified atom stereocenters. The van der Waals surface area contributed by atoms with Crippen LogP contribution in [0.25, 0.3) is 0 Å². The Hall–Kier alpha value is -0.570. The van der Waals surface area contributed by atoms with Crippen LogP contribution in [0.5, 0.6) is 0 Å². The molecule has 2 fully saturated rings. The Kier molecular flexibility index (Phi) is 3.62. The molecule has 2 aliphatic rings. The van der Waals surface area contributed by atoms with E-state index < -0.39 is 0 Å². The molecule has 0 aromatic carbocycles. The summed E-state index contributed by atoms with van der Waals surface area (Å²) in [6, 6.07) is 0.480. The highest BCUT2D eigenvalue weighted by Gasteiger charge is 2.30. The first kappa shape index (κ1) is 10.9. The maximum Gasteiger partial charge on any atom is 0.225 e. The third kappa shape index (κ3) is 2.51. The molecule has 1 saturated heterocycles. The fourth-order valence-electron chi connectivity index (χ4n) is 2.51. The summed E-state index contributed by atoms with van der Waals surface area (Å²) in [6.07, 6.45) is 6.97. The number of rotatable bonds is 2. The monoisotopic (exact) mass is 210 g/mol. The number of hydrogen-bond donors (Lipinski definition) is 1. The molecule has 1 saturated carbocycles. The Labute approximate surface area is 92.2 Å². The van der Waals surface area contributed by atoms with Gasteiger partial charge in [-0.2, -0.15) is 0 Å². The highest BCUT2D eigenvalue weighted by atomic mass is 16.2. The van der Waals surface area contributed by atoms with E-state index in [-0.39, 0.29) is 0 Å². The second-order valence-electron chi connectivity index (χ2n) is 4.91. The topological polar surface area (TPSA) is 32.3 Å². The molecule has 0 aromatic rings. The van der Waals surface area contributed by atoms with Crippen LogP contribution in [0.2, 0.25) is 0 Å². The van der Waals surface area contributed by atoms with Gasteiger partial charge in [0.05, 0.1) is 0 Å². The van der Waals surface area contributed by atoms with Crippen LogP contribution in [0.3, 0.4) is 0 Å². The molecule has 1 N–H and O–H groups in total. The van der Waals surface area contributed by atoms with E-state index in [2.05, 4.69) is 5.32 Å². The number of amides is 1. The van der Waals surface area contributed by atoms with Crippen molar-refractivity contribution in [1.29, 1.82) is 0 Å². The molecule has 1 amide bonds. The minimum absolute atomic E-state index is 0.353. The van der Waals surface area contributed by atoms with Crippen molar-refractivity contribution in [2.45, 2.75) is 44.6 Å². The third-order valence-electron chi connectivity index (χ3n) is 3.90. The molecule has 86 valence electrons. The standard InChI is InChI=1S/C12H22N2O/c1-14(12(15)10-4-2-5-10)11-6-3-8-13-9-7-11/h10-11,13H,2-9H2,1H3. The lowest BCUT2D eigenvalue weighted by Crippen LogP contribution is -2.42. The summed E-state index contributed by atoms with van der Waals surface area (Å²) in [5.74, 6) is 0.749. The molecule has 0 radical (unpaired) electrons. The van der Waals surface area contributed by atoms with Crippen LogP contribution in [0.4, 0.5) is 0 Å². The summed E-state index contributed by atoms with van der Waals surface area (Å²) >= 11 is 0. The molecule has 1 aliphatic carbocycles. The molecular weight excluding hydrogens is 188 g/mol. The van der Waals surface area contributed by atoms with Crippen molar-refractivity contribution in [3.05, 3.63) is 0 Å². The average Bonchev–Trinajstić information content (AvgIpc) is 2.41. The van der Waals surface area contributed by atoms with E-state index in [9.17, 15) is 4.79 Å². The molecule has 0 bridgehead atoms. The van der Waals surface area contributed by atoms with Gasteiger partial charge in [0.25, 0.3) is 0 Å². The maximum absolute atomic E-state index is 12.0. The lowest BCUT2D eigenvalue weighted by atomic mass is 9.84. The van der Waals surface area contributed by atoms with Gasteiger partial charge in [0, 0.05) is 19.0 Å². The van der Waals surface area contributed by atoms with E-state index in [1.165, 1.54) is 19.3 Å². The maximum atomic E-state index is 12.0. The first-order valence-corrected chi connectivity index (χ1v) is 6.26. The van der Waals surface area contributed by atoms with Crippen LogP contribution in [-0.2, 0) is 4.79 Å². The van der Waals surface area contributed by atoms with Crippen molar-refractivity contribution in [2.75, 3.05) is 20.1 Å². The molecule has 1 atom stereocenters. The molecule has 1 aliphatic heterocycles. The zero-order valence-corrected chi connectivity index (χ0v) is 9.67. The van der Waals surface area contributed by atoms with Crippen molar-refractivity contribution in [2.24, 2.45) is 5.92 Å². The second kappa shape index (κ2) is 4.97. The Morgan fingerprint density at radius 2 is 1.93 bits per heavy atom. The average molecular weight is 210 g/mol. The molecule has 15 heavy (non-hydrogen) atoms. The number of carbonyl (C=O) groups excluding carboxylic acids is 1. The smallest absolute Gasteiger partial charge is 0.225 e. The Bertz CT molecular complexity index is 218. The van der Waals surface area contributed by atoms with E-state index in [0.29, 0.717) is 17.9 Å². The van der Waals surface area contributed by atoms with Crippen LogP contribution < -0.4 is 5.32 Å². The Morgan fingerprint density at radius 3 is 2.60 bits per heavy atom. The predicted molar refractivity (Wildman–Crippen MR) is 60.6 cm³/mol. The van der Waals surface area contributed by atoms with Gasteiger partial charge in [0.2, 0.25) is 5.91 Å². The minimum Gasteiger partial charge on any atom is -0.342 e.